The molecule has 6 nitrogen and oxygen atoms in total. The van der Waals surface area contributed by atoms with Gasteiger partial charge in [-0.25, -0.2) is 9.18 Å². The molecule has 0 radical (unpaired) electrons. The van der Waals surface area contributed by atoms with Gasteiger partial charge in [0.1, 0.15) is 17.2 Å². The van der Waals surface area contributed by atoms with Crippen molar-refractivity contribution in [3.05, 3.63) is 29.6 Å². The van der Waals surface area contributed by atoms with E-state index < -0.39 is 17.3 Å². The Balaban J connectivity index is 1.73. The van der Waals surface area contributed by atoms with Crippen molar-refractivity contribution >= 4 is 12.0 Å². The minimum atomic E-state index is -0.800. The zero-order chi connectivity index (χ0) is 19.3. The molecule has 1 aromatic rings. The molecule has 1 heterocycles. The molecule has 0 saturated carbocycles. The number of halogens is 1. The Morgan fingerprint density at radius 3 is 2.46 bits per heavy atom. The summed E-state index contributed by atoms with van der Waals surface area (Å²) in [6.07, 6.45) is 2.33. The molecular weight excluding hydrogens is 339 g/mol. The van der Waals surface area contributed by atoms with Crippen molar-refractivity contribution in [3.63, 3.8) is 0 Å². The number of piperidine rings is 1. The summed E-state index contributed by atoms with van der Waals surface area (Å²) in [4.78, 5) is 24.8. The quantitative estimate of drug-likeness (QED) is 0.866. The van der Waals surface area contributed by atoms with Gasteiger partial charge in [0.2, 0.25) is 0 Å². The predicted octanol–water partition coefficient (Wildman–Crippen LogP) is 3.34. The van der Waals surface area contributed by atoms with Crippen molar-refractivity contribution < 1.29 is 23.5 Å². The van der Waals surface area contributed by atoms with Crippen LogP contribution < -0.4 is 10.5 Å². The van der Waals surface area contributed by atoms with Crippen LogP contribution in [0.1, 0.15) is 50.4 Å². The lowest BCUT2D eigenvalue weighted by atomic mass is 9.94. The average molecular weight is 366 g/mol. The second kappa shape index (κ2) is 8.38. The summed E-state index contributed by atoms with van der Waals surface area (Å²) in [5, 5.41) is 0. The summed E-state index contributed by atoms with van der Waals surface area (Å²) in [5.41, 5.74) is 4.44. The van der Waals surface area contributed by atoms with E-state index in [1.807, 2.05) is 20.8 Å². The van der Waals surface area contributed by atoms with Gasteiger partial charge < -0.3 is 20.1 Å². The Bertz CT molecular complexity index is 649. The molecule has 1 saturated heterocycles. The van der Waals surface area contributed by atoms with Crippen LogP contribution in [0.25, 0.3) is 0 Å². The van der Waals surface area contributed by atoms with Crippen LogP contribution in [-0.2, 0) is 4.74 Å². The molecule has 2 N–H and O–H groups in total. The number of carbonyl (C=O) groups excluding carboxylic acids is 2. The Morgan fingerprint density at radius 1 is 1.27 bits per heavy atom. The molecule has 0 unspecified atom stereocenters. The summed E-state index contributed by atoms with van der Waals surface area (Å²) in [6, 6.07) is 4.03. The van der Waals surface area contributed by atoms with E-state index >= 15 is 0 Å². The third-order valence-electron chi connectivity index (χ3n) is 4.27. The molecule has 1 aliphatic rings. The molecule has 0 aromatic heterocycles. The second-order valence-electron chi connectivity index (χ2n) is 7.55. The molecule has 1 aromatic carbocycles. The number of primary amides is 1. The fraction of sp³-hybridized carbons (Fsp3) is 0.579. The maximum Gasteiger partial charge on any atom is 0.410 e. The van der Waals surface area contributed by atoms with Crippen LogP contribution in [0.15, 0.2) is 18.2 Å². The first-order valence-corrected chi connectivity index (χ1v) is 8.86. The van der Waals surface area contributed by atoms with Crippen molar-refractivity contribution in [1.82, 2.24) is 4.90 Å². The molecular formula is C19H27FN2O4. The number of amides is 2. The number of hydrogen-bond donors (Lipinski definition) is 1. The van der Waals surface area contributed by atoms with Gasteiger partial charge in [-0.3, -0.25) is 4.79 Å². The molecule has 26 heavy (non-hydrogen) atoms. The largest absolute Gasteiger partial charge is 0.493 e. The molecule has 0 bridgehead atoms. The van der Waals surface area contributed by atoms with Crippen LogP contribution in [-0.4, -0.2) is 42.2 Å². The zero-order valence-corrected chi connectivity index (χ0v) is 15.6. The van der Waals surface area contributed by atoms with Gasteiger partial charge in [-0.05, 0) is 58.1 Å². The smallest absolute Gasteiger partial charge is 0.410 e. The number of carbonyl (C=O) groups is 2. The van der Waals surface area contributed by atoms with E-state index in [1.165, 1.54) is 18.2 Å². The lowest BCUT2D eigenvalue weighted by molar-refractivity contribution is 0.0177. The highest BCUT2D eigenvalue weighted by Gasteiger charge is 2.26. The molecule has 0 atom stereocenters. The summed E-state index contributed by atoms with van der Waals surface area (Å²) in [7, 11) is 0. The second-order valence-corrected chi connectivity index (χ2v) is 7.55. The van der Waals surface area contributed by atoms with Crippen molar-refractivity contribution in [2.45, 2.75) is 45.6 Å². The maximum atomic E-state index is 13.7. The van der Waals surface area contributed by atoms with E-state index in [0.717, 1.165) is 19.3 Å². The minimum absolute atomic E-state index is 0.146. The van der Waals surface area contributed by atoms with Crippen LogP contribution in [0.2, 0.25) is 0 Å². The molecule has 144 valence electrons. The van der Waals surface area contributed by atoms with Gasteiger partial charge in [0.15, 0.2) is 0 Å². The van der Waals surface area contributed by atoms with Crippen molar-refractivity contribution in [3.8, 4) is 5.75 Å². The third-order valence-corrected chi connectivity index (χ3v) is 4.27. The van der Waals surface area contributed by atoms with E-state index in [0.29, 0.717) is 31.4 Å². The van der Waals surface area contributed by atoms with Gasteiger partial charge in [-0.2, -0.15) is 0 Å². The number of nitrogens with two attached hydrogens (primary N) is 1. The Morgan fingerprint density at radius 2 is 1.92 bits per heavy atom. The normalized spacial score (nSPS) is 15.6. The number of benzene rings is 1. The predicted molar refractivity (Wildman–Crippen MR) is 95.6 cm³/mol. The lowest BCUT2D eigenvalue weighted by Gasteiger charge is -2.33. The number of nitrogens with zero attached hydrogens (tertiary/aromatic N) is 1. The highest BCUT2D eigenvalue weighted by atomic mass is 19.1. The minimum Gasteiger partial charge on any atom is -0.493 e. The number of likely N-dealkylation sites (tertiary alicyclic amines) is 1. The highest BCUT2D eigenvalue weighted by Crippen LogP contribution is 2.23. The summed E-state index contributed by atoms with van der Waals surface area (Å²) in [5.74, 6) is -0.659. The Kier molecular flexibility index (Phi) is 6.45. The van der Waals surface area contributed by atoms with Crippen LogP contribution in [0.3, 0.4) is 0 Å². The molecule has 0 aliphatic carbocycles. The van der Waals surface area contributed by atoms with Crippen LogP contribution in [0.4, 0.5) is 9.18 Å². The first kappa shape index (κ1) is 20.0. The van der Waals surface area contributed by atoms with Crippen molar-refractivity contribution in [1.29, 1.82) is 0 Å². The summed E-state index contributed by atoms with van der Waals surface area (Å²) in [6.45, 7) is 7.35. The van der Waals surface area contributed by atoms with E-state index in [9.17, 15) is 14.0 Å². The standard InChI is InChI=1S/C19H27FN2O4/c1-19(2,3)26-18(24)22-9-6-13(7-10-22)8-11-25-14-4-5-15(17(21)23)16(20)12-14/h4-5,12-13H,6-11H2,1-3H3,(H2,21,23). The first-order valence-electron chi connectivity index (χ1n) is 8.86. The van der Waals surface area contributed by atoms with Crippen LogP contribution in [0, 0.1) is 11.7 Å². The van der Waals surface area contributed by atoms with Crippen molar-refractivity contribution in [2.75, 3.05) is 19.7 Å². The first-order chi connectivity index (χ1) is 12.2. The lowest BCUT2D eigenvalue weighted by Crippen LogP contribution is -2.41. The SMILES string of the molecule is CC(C)(C)OC(=O)N1CCC(CCOc2ccc(C(N)=O)c(F)c2)CC1. The van der Waals surface area contributed by atoms with Crippen molar-refractivity contribution in [2.24, 2.45) is 11.7 Å². The fourth-order valence-electron chi connectivity index (χ4n) is 2.86. The number of hydrogen-bond acceptors (Lipinski definition) is 4. The topological polar surface area (TPSA) is 81.9 Å². The van der Waals surface area contributed by atoms with Crippen LogP contribution in [0.5, 0.6) is 5.75 Å². The van der Waals surface area contributed by atoms with E-state index in [4.69, 9.17) is 15.2 Å². The molecule has 0 spiro atoms. The third kappa shape index (κ3) is 5.89. The monoisotopic (exact) mass is 366 g/mol. The van der Waals surface area contributed by atoms with E-state index in [1.54, 1.807) is 4.90 Å². The van der Waals surface area contributed by atoms with Gasteiger partial charge in [-0.1, -0.05) is 0 Å². The van der Waals surface area contributed by atoms with Gasteiger partial charge in [0.25, 0.3) is 5.91 Å². The number of rotatable bonds is 5. The van der Waals surface area contributed by atoms with Gasteiger partial charge >= 0.3 is 6.09 Å². The molecule has 7 heteroatoms. The molecule has 1 aliphatic heterocycles. The van der Waals surface area contributed by atoms with Gasteiger partial charge in [-0.15, -0.1) is 0 Å². The highest BCUT2D eigenvalue weighted by molar-refractivity contribution is 5.93. The molecule has 1 fully saturated rings. The van der Waals surface area contributed by atoms with Gasteiger partial charge in [0, 0.05) is 19.2 Å². The summed E-state index contributed by atoms with van der Waals surface area (Å²) < 4.78 is 24.6. The maximum absolute atomic E-state index is 13.7. The molecule has 2 rings (SSSR count). The Hall–Kier alpha value is -2.31. The van der Waals surface area contributed by atoms with Crippen LogP contribution >= 0.6 is 0 Å². The summed E-state index contributed by atoms with van der Waals surface area (Å²) >= 11 is 0. The zero-order valence-electron chi connectivity index (χ0n) is 15.6. The number of ether oxygens (including phenoxy) is 2. The van der Waals surface area contributed by atoms with E-state index in [2.05, 4.69) is 0 Å². The van der Waals surface area contributed by atoms with Gasteiger partial charge in [0.05, 0.1) is 12.2 Å². The average Bonchev–Trinajstić information content (AvgIpc) is 2.53. The Labute approximate surface area is 153 Å². The fourth-order valence-corrected chi connectivity index (χ4v) is 2.86. The molecule has 2 amide bonds. The van der Waals surface area contributed by atoms with E-state index in [-0.39, 0.29) is 11.7 Å².